The fourth-order valence-corrected chi connectivity index (χ4v) is 3.84. The van der Waals surface area contributed by atoms with Crippen molar-refractivity contribution in [1.82, 2.24) is 4.31 Å². The molecule has 25 heavy (non-hydrogen) atoms. The molecular weight excluding hydrogens is 356 g/mol. The minimum atomic E-state index is -3.71. The number of nitrogens with one attached hydrogen (secondary N) is 1. The highest BCUT2D eigenvalue weighted by Crippen LogP contribution is 2.19. The van der Waals surface area contributed by atoms with Gasteiger partial charge in [0.2, 0.25) is 15.9 Å². The van der Waals surface area contributed by atoms with Crippen LogP contribution in [0, 0.1) is 13.8 Å². The van der Waals surface area contributed by atoms with E-state index in [9.17, 15) is 13.2 Å². The Hall–Kier alpha value is -1.83. The predicted molar refractivity (Wildman–Crippen MR) is 103 cm³/mol. The van der Waals surface area contributed by atoms with Crippen molar-refractivity contribution in [2.45, 2.75) is 23.6 Å². The smallest absolute Gasteiger partial charge is 0.243 e. The summed E-state index contributed by atoms with van der Waals surface area (Å²) in [7, 11) is -2.30. The van der Waals surface area contributed by atoms with E-state index in [-0.39, 0.29) is 17.3 Å². The molecule has 2 aromatic rings. The van der Waals surface area contributed by atoms with Gasteiger partial charge < -0.3 is 5.32 Å². The van der Waals surface area contributed by atoms with E-state index in [4.69, 9.17) is 0 Å². The number of likely N-dealkylation sites (N-methyl/N-ethyl adjacent to an activating group) is 1. The van der Waals surface area contributed by atoms with Crippen LogP contribution in [0.25, 0.3) is 0 Å². The highest BCUT2D eigenvalue weighted by atomic mass is 32.2. The molecule has 0 radical (unpaired) electrons. The van der Waals surface area contributed by atoms with Gasteiger partial charge in [-0.1, -0.05) is 6.07 Å². The summed E-state index contributed by atoms with van der Waals surface area (Å²) in [6, 6.07) is 12.3. The third kappa shape index (κ3) is 4.84. The highest BCUT2D eigenvalue weighted by Gasteiger charge is 2.23. The topological polar surface area (TPSA) is 66.5 Å². The number of anilines is 1. The summed E-state index contributed by atoms with van der Waals surface area (Å²) in [5.74, 6) is -0.383. The summed E-state index contributed by atoms with van der Waals surface area (Å²) in [5.41, 5.74) is 2.56. The minimum Gasteiger partial charge on any atom is -0.325 e. The first kappa shape index (κ1) is 19.5. The number of amides is 1. The van der Waals surface area contributed by atoms with Gasteiger partial charge in [-0.2, -0.15) is 4.31 Å². The van der Waals surface area contributed by atoms with Gasteiger partial charge in [-0.15, -0.1) is 11.8 Å². The fourth-order valence-electron chi connectivity index (χ4n) is 2.22. The molecule has 0 saturated heterocycles. The highest BCUT2D eigenvalue weighted by molar-refractivity contribution is 7.98. The number of carbonyl (C=O) groups excluding carboxylic acids is 1. The maximum atomic E-state index is 12.6. The van der Waals surface area contributed by atoms with Crippen molar-refractivity contribution in [2.24, 2.45) is 0 Å². The Labute approximate surface area is 153 Å². The number of hydrogen-bond acceptors (Lipinski definition) is 4. The molecular formula is C18H22N2O3S2. The average molecular weight is 379 g/mol. The molecule has 0 bridgehead atoms. The van der Waals surface area contributed by atoms with Gasteiger partial charge in [-0.3, -0.25) is 4.79 Å². The monoisotopic (exact) mass is 378 g/mol. The van der Waals surface area contributed by atoms with Gasteiger partial charge in [0, 0.05) is 17.6 Å². The molecule has 0 aliphatic rings. The first-order valence-electron chi connectivity index (χ1n) is 7.71. The summed E-state index contributed by atoms with van der Waals surface area (Å²) >= 11 is 1.61. The number of hydrogen-bond donors (Lipinski definition) is 1. The minimum absolute atomic E-state index is 0.190. The van der Waals surface area contributed by atoms with Gasteiger partial charge in [-0.25, -0.2) is 8.42 Å². The van der Waals surface area contributed by atoms with Gasteiger partial charge in [0.15, 0.2) is 0 Å². The second-order valence-corrected chi connectivity index (χ2v) is 8.71. The lowest BCUT2D eigenvalue weighted by Gasteiger charge is -2.17. The molecule has 1 N–H and O–H groups in total. The summed E-state index contributed by atoms with van der Waals surface area (Å²) in [5, 5.41) is 2.71. The molecule has 134 valence electrons. The summed E-state index contributed by atoms with van der Waals surface area (Å²) in [6.45, 7) is 3.53. The van der Waals surface area contributed by atoms with Gasteiger partial charge in [-0.05, 0) is 67.6 Å². The average Bonchev–Trinajstić information content (AvgIpc) is 2.57. The van der Waals surface area contributed by atoms with Gasteiger partial charge in [0.1, 0.15) is 0 Å². The Bertz CT molecular complexity index is 862. The quantitative estimate of drug-likeness (QED) is 0.784. The van der Waals surface area contributed by atoms with Crippen LogP contribution in [-0.2, 0) is 14.8 Å². The van der Waals surface area contributed by atoms with E-state index < -0.39 is 10.0 Å². The third-order valence-electron chi connectivity index (χ3n) is 3.93. The molecule has 2 rings (SSSR count). The van der Waals surface area contributed by atoms with Crippen LogP contribution in [0.15, 0.2) is 52.3 Å². The zero-order valence-electron chi connectivity index (χ0n) is 14.7. The van der Waals surface area contributed by atoms with Crippen LogP contribution in [0.4, 0.5) is 5.69 Å². The van der Waals surface area contributed by atoms with E-state index in [2.05, 4.69) is 5.32 Å². The summed E-state index contributed by atoms with van der Waals surface area (Å²) in [6.07, 6.45) is 1.97. The number of aryl methyl sites for hydroxylation is 2. The van der Waals surface area contributed by atoms with Crippen molar-refractivity contribution in [3.8, 4) is 0 Å². The Balaban J connectivity index is 2.07. The molecule has 0 heterocycles. The normalized spacial score (nSPS) is 11.6. The zero-order valence-corrected chi connectivity index (χ0v) is 16.4. The van der Waals surface area contributed by atoms with Crippen molar-refractivity contribution in [2.75, 3.05) is 25.2 Å². The van der Waals surface area contributed by atoms with Gasteiger partial charge in [0.25, 0.3) is 0 Å². The lowest BCUT2D eigenvalue weighted by atomic mass is 10.1. The molecule has 0 saturated carbocycles. The predicted octanol–water partition coefficient (Wildman–Crippen LogP) is 3.28. The molecule has 0 aliphatic heterocycles. The van der Waals surface area contributed by atoms with Gasteiger partial charge >= 0.3 is 0 Å². The maximum Gasteiger partial charge on any atom is 0.243 e. The van der Waals surface area contributed by atoms with E-state index >= 15 is 0 Å². The van der Waals surface area contributed by atoms with Crippen LogP contribution in [-0.4, -0.2) is 38.5 Å². The first-order valence-corrected chi connectivity index (χ1v) is 10.4. The van der Waals surface area contributed by atoms with Crippen molar-refractivity contribution in [1.29, 1.82) is 0 Å². The van der Waals surface area contributed by atoms with Crippen LogP contribution in [0.2, 0.25) is 0 Å². The molecule has 2 aromatic carbocycles. The van der Waals surface area contributed by atoms with Crippen LogP contribution >= 0.6 is 11.8 Å². The summed E-state index contributed by atoms with van der Waals surface area (Å²) in [4.78, 5) is 13.4. The van der Waals surface area contributed by atoms with Crippen LogP contribution in [0.5, 0.6) is 0 Å². The molecule has 7 heteroatoms. The number of nitrogens with zero attached hydrogens (tertiary/aromatic N) is 1. The second kappa shape index (κ2) is 8.03. The molecule has 0 atom stereocenters. The Morgan fingerprint density at radius 1 is 1.08 bits per heavy atom. The molecule has 0 spiro atoms. The molecule has 5 nitrogen and oxygen atoms in total. The van der Waals surface area contributed by atoms with Crippen LogP contribution < -0.4 is 5.32 Å². The Morgan fingerprint density at radius 3 is 2.28 bits per heavy atom. The van der Waals surface area contributed by atoms with Crippen LogP contribution in [0.3, 0.4) is 0 Å². The number of carbonyl (C=O) groups is 1. The van der Waals surface area contributed by atoms with Crippen molar-refractivity contribution in [3.05, 3.63) is 53.6 Å². The van der Waals surface area contributed by atoms with E-state index in [1.807, 2.05) is 32.2 Å². The summed E-state index contributed by atoms with van der Waals surface area (Å²) < 4.78 is 26.3. The number of sulfonamides is 1. The largest absolute Gasteiger partial charge is 0.325 e. The Kier molecular flexibility index (Phi) is 6.26. The number of benzene rings is 2. The molecule has 1 amide bonds. The fraction of sp³-hybridized carbons (Fsp3) is 0.278. The second-order valence-electron chi connectivity index (χ2n) is 5.78. The molecule has 0 aromatic heterocycles. The maximum absolute atomic E-state index is 12.6. The number of thioether (sulfide) groups is 1. The van der Waals surface area contributed by atoms with Crippen LogP contribution in [0.1, 0.15) is 11.1 Å². The first-order chi connectivity index (χ1) is 11.7. The van der Waals surface area contributed by atoms with Crippen molar-refractivity contribution < 1.29 is 13.2 Å². The standard InChI is InChI=1S/C18H22N2O3S2/c1-13-5-10-17(11-14(13)2)25(22,23)20(3)12-18(21)19-15-6-8-16(24-4)9-7-15/h5-11H,12H2,1-4H3,(H,19,21). The van der Waals surface area contributed by atoms with E-state index in [1.54, 1.807) is 42.1 Å². The lowest BCUT2D eigenvalue weighted by molar-refractivity contribution is -0.116. The lowest BCUT2D eigenvalue weighted by Crippen LogP contribution is -2.35. The van der Waals surface area contributed by atoms with E-state index in [0.717, 1.165) is 20.3 Å². The molecule has 0 unspecified atom stereocenters. The zero-order chi connectivity index (χ0) is 18.6. The molecule has 0 aliphatic carbocycles. The number of rotatable bonds is 6. The van der Waals surface area contributed by atoms with E-state index in [1.165, 1.54) is 7.05 Å². The SMILES string of the molecule is CSc1ccc(NC(=O)CN(C)S(=O)(=O)c2ccc(C)c(C)c2)cc1. The third-order valence-corrected chi connectivity index (χ3v) is 6.47. The van der Waals surface area contributed by atoms with Crippen molar-refractivity contribution >= 4 is 33.4 Å². The van der Waals surface area contributed by atoms with Crippen molar-refractivity contribution in [3.63, 3.8) is 0 Å². The molecule has 0 fully saturated rings. The van der Waals surface area contributed by atoms with Gasteiger partial charge in [0.05, 0.1) is 11.4 Å². The Morgan fingerprint density at radius 2 is 1.72 bits per heavy atom. The van der Waals surface area contributed by atoms with E-state index in [0.29, 0.717) is 5.69 Å².